The maximum atomic E-state index is 10.8. The van der Waals surface area contributed by atoms with E-state index in [1.165, 1.54) is 15.6 Å². The van der Waals surface area contributed by atoms with Crippen LogP contribution in [-0.4, -0.2) is 42.6 Å². The second-order valence-electron chi connectivity index (χ2n) is 6.70. The predicted octanol–water partition coefficient (Wildman–Crippen LogP) is 4.51. The van der Waals surface area contributed by atoms with Crippen LogP contribution in [0.3, 0.4) is 0 Å². The molecule has 2 aliphatic rings. The summed E-state index contributed by atoms with van der Waals surface area (Å²) in [5.74, 6) is -0.203. The van der Waals surface area contributed by atoms with E-state index in [2.05, 4.69) is 42.1 Å². The second-order valence-corrected chi connectivity index (χ2v) is 8.41. The highest BCUT2D eigenvalue weighted by molar-refractivity contribution is 9.11. The Morgan fingerprint density at radius 3 is 2.10 bits per heavy atom. The number of nitrogens with zero attached hydrogens (tertiary/aromatic N) is 6. The van der Waals surface area contributed by atoms with Gasteiger partial charge in [-0.05, 0) is 73.8 Å². The van der Waals surface area contributed by atoms with Crippen LogP contribution in [0.15, 0.2) is 21.3 Å². The third-order valence-electron chi connectivity index (χ3n) is 4.62. The molecule has 0 bridgehead atoms. The van der Waals surface area contributed by atoms with Gasteiger partial charge >= 0.3 is 11.6 Å². The van der Waals surface area contributed by atoms with Crippen LogP contribution in [0.25, 0.3) is 0 Å². The Balaban J connectivity index is 0.000000171. The normalized spacial score (nSPS) is 21.5. The molecule has 2 unspecified atom stereocenters. The molecule has 2 aliphatic heterocycles. The van der Waals surface area contributed by atoms with Crippen LogP contribution < -0.4 is 0 Å². The molecule has 0 spiro atoms. The van der Waals surface area contributed by atoms with E-state index in [9.17, 15) is 20.2 Å². The molecule has 0 radical (unpaired) electrons. The lowest BCUT2D eigenvalue weighted by Crippen LogP contribution is -2.20. The average molecular weight is 552 g/mol. The van der Waals surface area contributed by atoms with Gasteiger partial charge in [-0.3, -0.25) is 0 Å². The van der Waals surface area contributed by atoms with Crippen molar-refractivity contribution in [3.05, 3.63) is 41.6 Å². The minimum Gasteiger partial charge on any atom is -0.358 e. The van der Waals surface area contributed by atoms with Crippen molar-refractivity contribution >= 4 is 43.5 Å². The summed E-state index contributed by atoms with van der Waals surface area (Å²) in [5, 5.41) is 29.2. The van der Waals surface area contributed by atoms with Crippen LogP contribution >= 0.6 is 31.9 Å². The summed E-state index contributed by atoms with van der Waals surface area (Å²) in [5.41, 5.74) is 0. The summed E-state index contributed by atoms with van der Waals surface area (Å²) in [7, 11) is 0. The number of rotatable bonds is 4. The molecule has 4 rings (SSSR count). The lowest BCUT2D eigenvalue weighted by atomic mass is 10.2. The molecule has 4 heterocycles. The number of hydrogen-bond acceptors (Lipinski definition) is 8. The molecule has 2 saturated heterocycles. The van der Waals surface area contributed by atoms with Crippen molar-refractivity contribution in [2.45, 2.75) is 51.0 Å². The zero-order valence-corrected chi connectivity index (χ0v) is 19.0. The highest BCUT2D eigenvalue weighted by atomic mass is 79.9. The molecule has 2 aromatic heterocycles. The molecule has 2 atom stereocenters. The molecular formula is C16H20Br2N6O6. The van der Waals surface area contributed by atoms with E-state index in [1.807, 2.05) is 0 Å². The molecule has 0 aliphatic carbocycles. The zero-order chi connectivity index (χ0) is 21.7. The topological polar surface area (TPSA) is 140 Å². The molecule has 2 aromatic rings. The first-order valence-corrected chi connectivity index (χ1v) is 11.0. The fourth-order valence-electron chi connectivity index (χ4n) is 3.20. The Kier molecular flexibility index (Phi) is 7.91. The van der Waals surface area contributed by atoms with Crippen molar-refractivity contribution in [1.29, 1.82) is 0 Å². The van der Waals surface area contributed by atoms with Crippen molar-refractivity contribution < 1.29 is 19.3 Å². The van der Waals surface area contributed by atoms with E-state index in [-0.39, 0.29) is 24.1 Å². The SMILES string of the molecule is O=[N+]([O-])c1c(Br)cnn1C1CCCCO1.O=[N+]([O-])c1nn(C2CCCCO2)cc1Br. The van der Waals surface area contributed by atoms with Crippen molar-refractivity contribution in [3.8, 4) is 0 Å². The molecule has 30 heavy (non-hydrogen) atoms. The van der Waals surface area contributed by atoms with Crippen LogP contribution in [0.2, 0.25) is 0 Å². The Hall–Kier alpha value is -1.90. The van der Waals surface area contributed by atoms with Crippen LogP contribution in [-0.2, 0) is 9.47 Å². The van der Waals surface area contributed by atoms with Crippen molar-refractivity contribution in [1.82, 2.24) is 19.6 Å². The molecule has 0 N–H and O–H groups in total. The van der Waals surface area contributed by atoms with E-state index in [0.29, 0.717) is 22.2 Å². The van der Waals surface area contributed by atoms with E-state index < -0.39 is 9.85 Å². The highest BCUT2D eigenvalue weighted by Crippen LogP contribution is 2.31. The Morgan fingerprint density at radius 2 is 1.60 bits per heavy atom. The van der Waals surface area contributed by atoms with E-state index >= 15 is 0 Å². The van der Waals surface area contributed by atoms with Crippen LogP contribution in [0.1, 0.15) is 51.0 Å². The molecule has 0 amide bonds. The minimum absolute atomic E-state index is 0.0399. The van der Waals surface area contributed by atoms with Gasteiger partial charge in [-0.15, -0.1) is 4.68 Å². The smallest absolute Gasteiger partial charge is 0.358 e. The molecule has 12 nitrogen and oxygen atoms in total. The predicted molar refractivity (Wildman–Crippen MR) is 111 cm³/mol. The van der Waals surface area contributed by atoms with Crippen LogP contribution in [0.4, 0.5) is 11.6 Å². The summed E-state index contributed by atoms with van der Waals surface area (Å²) in [6.45, 7) is 1.33. The zero-order valence-electron chi connectivity index (χ0n) is 15.9. The molecular weight excluding hydrogens is 532 g/mol. The van der Waals surface area contributed by atoms with Gasteiger partial charge in [0, 0.05) is 13.0 Å². The van der Waals surface area contributed by atoms with E-state index in [1.54, 1.807) is 6.20 Å². The lowest BCUT2D eigenvalue weighted by Gasteiger charge is -2.20. The van der Waals surface area contributed by atoms with Gasteiger partial charge < -0.3 is 29.7 Å². The first-order chi connectivity index (χ1) is 14.4. The quantitative estimate of drug-likeness (QED) is 0.399. The summed E-state index contributed by atoms with van der Waals surface area (Å²) in [6.07, 6.45) is 8.31. The largest absolute Gasteiger partial charge is 0.404 e. The number of halogens is 2. The monoisotopic (exact) mass is 550 g/mol. The fraction of sp³-hybridized carbons (Fsp3) is 0.625. The van der Waals surface area contributed by atoms with Gasteiger partial charge in [-0.1, -0.05) is 5.10 Å². The maximum absolute atomic E-state index is 10.8. The van der Waals surface area contributed by atoms with Crippen molar-refractivity contribution in [3.63, 3.8) is 0 Å². The Bertz CT molecular complexity index is 891. The molecule has 164 valence electrons. The first-order valence-electron chi connectivity index (χ1n) is 9.38. The van der Waals surface area contributed by atoms with Gasteiger partial charge in [0.1, 0.15) is 8.95 Å². The fourth-order valence-corrected chi connectivity index (χ4v) is 4.05. The maximum Gasteiger partial charge on any atom is 0.404 e. The molecule has 0 saturated carbocycles. The standard InChI is InChI=1S/2C8H10BrN3O3/c9-6-5-11(10-8(6)12(13)14)7-3-1-2-4-15-7;9-6-5-10-11(8(6)12(13)14)7-3-1-2-4-15-7/h2*5,7H,1-4H2. The number of hydrogen-bond donors (Lipinski definition) is 0. The highest BCUT2D eigenvalue weighted by Gasteiger charge is 2.29. The number of ether oxygens (including phenoxy) is 2. The van der Waals surface area contributed by atoms with Gasteiger partial charge in [0.05, 0.1) is 24.1 Å². The third kappa shape index (κ3) is 5.42. The van der Waals surface area contributed by atoms with Gasteiger partial charge in [-0.2, -0.15) is 4.68 Å². The summed E-state index contributed by atoms with van der Waals surface area (Å²) in [4.78, 5) is 20.4. The first kappa shape index (κ1) is 22.8. The van der Waals surface area contributed by atoms with Crippen LogP contribution in [0, 0.1) is 20.2 Å². The van der Waals surface area contributed by atoms with Gasteiger partial charge in [0.2, 0.25) is 6.23 Å². The minimum atomic E-state index is -0.511. The second kappa shape index (κ2) is 10.4. The van der Waals surface area contributed by atoms with Crippen LogP contribution in [0.5, 0.6) is 0 Å². The summed E-state index contributed by atoms with van der Waals surface area (Å²) < 4.78 is 14.5. The lowest BCUT2D eigenvalue weighted by molar-refractivity contribution is -0.395. The molecule has 14 heteroatoms. The summed E-state index contributed by atoms with van der Waals surface area (Å²) >= 11 is 6.21. The molecule has 0 aromatic carbocycles. The average Bonchev–Trinajstić information content (AvgIpc) is 3.33. The van der Waals surface area contributed by atoms with E-state index in [0.717, 1.165) is 38.5 Å². The summed E-state index contributed by atoms with van der Waals surface area (Å²) in [6, 6.07) is 0. The van der Waals surface area contributed by atoms with Crippen molar-refractivity contribution in [2.24, 2.45) is 0 Å². The van der Waals surface area contributed by atoms with E-state index in [4.69, 9.17) is 9.47 Å². The molecule has 2 fully saturated rings. The Morgan fingerprint density at radius 1 is 0.967 bits per heavy atom. The van der Waals surface area contributed by atoms with Gasteiger partial charge in [0.15, 0.2) is 6.23 Å². The Labute approximate surface area is 188 Å². The van der Waals surface area contributed by atoms with Gasteiger partial charge in [0.25, 0.3) is 0 Å². The van der Waals surface area contributed by atoms with Crippen molar-refractivity contribution in [2.75, 3.05) is 13.2 Å². The number of nitro groups is 2. The third-order valence-corrected chi connectivity index (χ3v) is 5.74. The number of aromatic nitrogens is 4. The van der Waals surface area contributed by atoms with Gasteiger partial charge in [-0.25, -0.2) is 0 Å².